The molecule has 0 bridgehead atoms. The normalized spacial score (nSPS) is 17.9. The Morgan fingerprint density at radius 2 is 2.25 bits per heavy atom. The highest BCUT2D eigenvalue weighted by molar-refractivity contribution is 5.88. The van der Waals surface area contributed by atoms with E-state index in [9.17, 15) is 4.79 Å². The molecule has 1 saturated heterocycles. The number of esters is 1. The van der Waals surface area contributed by atoms with E-state index in [1.165, 1.54) is 0 Å². The maximum Gasteiger partial charge on any atom is 0.338 e. The Hall–Kier alpha value is -1.61. The molecule has 0 spiro atoms. The number of hydrogen-bond acceptors (Lipinski definition) is 3. The zero-order valence-corrected chi connectivity index (χ0v) is 9.23. The first kappa shape index (κ1) is 10.9. The van der Waals surface area contributed by atoms with Crippen LogP contribution < -0.4 is 4.74 Å². The number of epoxide rings is 1. The van der Waals surface area contributed by atoms with Crippen LogP contribution in [0.2, 0.25) is 0 Å². The van der Waals surface area contributed by atoms with Gasteiger partial charge in [0.25, 0.3) is 0 Å². The molecule has 1 aliphatic heterocycles. The predicted octanol–water partition coefficient (Wildman–Crippen LogP) is 2.11. The van der Waals surface area contributed by atoms with Crippen LogP contribution >= 0.6 is 0 Å². The molecule has 1 aliphatic rings. The lowest BCUT2D eigenvalue weighted by molar-refractivity contribution is -0.130. The van der Waals surface area contributed by atoms with E-state index < -0.39 is 0 Å². The Labute approximate surface area is 94.7 Å². The van der Waals surface area contributed by atoms with Gasteiger partial charge in [-0.2, -0.15) is 0 Å². The third-order valence-corrected chi connectivity index (χ3v) is 2.37. The number of hydrogen-bond donors (Lipinski definition) is 0. The van der Waals surface area contributed by atoms with Crippen molar-refractivity contribution in [2.75, 3.05) is 6.61 Å². The van der Waals surface area contributed by atoms with Crippen molar-refractivity contribution < 1.29 is 14.3 Å². The van der Waals surface area contributed by atoms with E-state index in [4.69, 9.17) is 9.47 Å². The van der Waals surface area contributed by atoms with Crippen LogP contribution in [0.4, 0.5) is 0 Å². The lowest BCUT2D eigenvalue weighted by atomic mass is 10.1. The molecule has 1 fully saturated rings. The first-order chi connectivity index (χ1) is 7.66. The van der Waals surface area contributed by atoms with E-state index in [2.05, 4.69) is 6.58 Å². The van der Waals surface area contributed by atoms with Gasteiger partial charge in [-0.15, -0.1) is 0 Å². The van der Waals surface area contributed by atoms with Crippen molar-refractivity contribution in [3.63, 3.8) is 0 Å². The van der Waals surface area contributed by atoms with E-state index in [1.807, 2.05) is 18.2 Å². The average molecular weight is 218 g/mol. The Balaban J connectivity index is 2.11. The molecule has 0 amide bonds. The Morgan fingerprint density at radius 1 is 1.56 bits per heavy atom. The number of benzene rings is 1. The molecular weight excluding hydrogens is 204 g/mol. The summed E-state index contributed by atoms with van der Waals surface area (Å²) in [6.07, 6.45) is 1.07. The second-order valence-corrected chi connectivity index (χ2v) is 3.94. The zero-order chi connectivity index (χ0) is 11.5. The standard InChI is InChI=1S/C13H14O3/c1-9(2)13(14)16-12-6-4-3-5-10(12)7-11-8-15-11/h3-6,11H,1,7-8H2,2H3. The second-order valence-electron chi connectivity index (χ2n) is 3.94. The summed E-state index contributed by atoms with van der Waals surface area (Å²) < 4.78 is 10.4. The van der Waals surface area contributed by atoms with Crippen molar-refractivity contribution in [1.29, 1.82) is 0 Å². The summed E-state index contributed by atoms with van der Waals surface area (Å²) in [6.45, 7) is 5.98. The fourth-order valence-electron chi connectivity index (χ4n) is 1.39. The second kappa shape index (κ2) is 4.49. The SMILES string of the molecule is C=C(C)C(=O)Oc1ccccc1CC1CO1. The lowest BCUT2D eigenvalue weighted by Gasteiger charge is -2.08. The third kappa shape index (κ3) is 2.70. The molecule has 3 nitrogen and oxygen atoms in total. The van der Waals surface area contributed by atoms with Gasteiger partial charge in [0, 0.05) is 12.0 Å². The van der Waals surface area contributed by atoms with Crippen molar-refractivity contribution in [3.05, 3.63) is 42.0 Å². The highest BCUT2D eigenvalue weighted by atomic mass is 16.6. The van der Waals surface area contributed by atoms with Gasteiger partial charge in [0.15, 0.2) is 0 Å². The van der Waals surface area contributed by atoms with Gasteiger partial charge in [0.1, 0.15) is 5.75 Å². The van der Waals surface area contributed by atoms with Crippen molar-refractivity contribution >= 4 is 5.97 Å². The highest BCUT2D eigenvalue weighted by Gasteiger charge is 2.24. The fraction of sp³-hybridized carbons (Fsp3) is 0.308. The molecule has 0 aromatic heterocycles. The largest absolute Gasteiger partial charge is 0.423 e. The molecule has 0 aliphatic carbocycles. The van der Waals surface area contributed by atoms with E-state index in [0.29, 0.717) is 11.3 Å². The van der Waals surface area contributed by atoms with Crippen LogP contribution in [0, 0.1) is 0 Å². The summed E-state index contributed by atoms with van der Waals surface area (Å²) in [5.41, 5.74) is 1.40. The maximum absolute atomic E-state index is 11.4. The van der Waals surface area contributed by atoms with E-state index in [-0.39, 0.29) is 12.1 Å². The molecule has 1 aromatic rings. The lowest BCUT2D eigenvalue weighted by Crippen LogP contribution is -2.10. The molecule has 0 N–H and O–H groups in total. The first-order valence-electron chi connectivity index (χ1n) is 5.24. The van der Waals surface area contributed by atoms with Crippen LogP contribution in [-0.2, 0) is 16.0 Å². The number of ether oxygens (including phenoxy) is 2. The average Bonchev–Trinajstić information content (AvgIpc) is 3.04. The molecule has 84 valence electrons. The van der Waals surface area contributed by atoms with Crippen molar-refractivity contribution in [1.82, 2.24) is 0 Å². The van der Waals surface area contributed by atoms with Crippen LogP contribution in [0.25, 0.3) is 0 Å². The minimum absolute atomic E-state index is 0.282. The van der Waals surface area contributed by atoms with E-state index in [1.54, 1.807) is 13.0 Å². The quantitative estimate of drug-likeness (QED) is 0.336. The van der Waals surface area contributed by atoms with Gasteiger partial charge in [0.2, 0.25) is 0 Å². The van der Waals surface area contributed by atoms with E-state index in [0.717, 1.165) is 18.6 Å². The van der Waals surface area contributed by atoms with Crippen molar-refractivity contribution in [3.8, 4) is 5.75 Å². The molecule has 2 rings (SSSR count). The minimum Gasteiger partial charge on any atom is -0.423 e. The number of carbonyl (C=O) groups excluding carboxylic acids is 1. The van der Waals surface area contributed by atoms with Gasteiger partial charge in [-0.25, -0.2) is 4.79 Å². The summed E-state index contributed by atoms with van der Waals surface area (Å²) in [6, 6.07) is 7.51. The topological polar surface area (TPSA) is 38.8 Å². The van der Waals surface area contributed by atoms with E-state index >= 15 is 0 Å². The summed E-state index contributed by atoms with van der Waals surface area (Å²) in [7, 11) is 0. The van der Waals surface area contributed by atoms with Crippen LogP contribution in [-0.4, -0.2) is 18.7 Å². The molecule has 3 heteroatoms. The van der Waals surface area contributed by atoms with Crippen molar-refractivity contribution in [2.45, 2.75) is 19.4 Å². The van der Waals surface area contributed by atoms with Gasteiger partial charge < -0.3 is 9.47 Å². The molecule has 1 atom stereocenters. The van der Waals surface area contributed by atoms with Gasteiger partial charge in [-0.1, -0.05) is 24.8 Å². The third-order valence-electron chi connectivity index (χ3n) is 2.37. The molecule has 0 radical (unpaired) electrons. The van der Waals surface area contributed by atoms with Crippen LogP contribution in [0.1, 0.15) is 12.5 Å². The number of carbonyl (C=O) groups is 1. The fourth-order valence-corrected chi connectivity index (χ4v) is 1.39. The molecule has 0 saturated carbocycles. The molecule has 1 unspecified atom stereocenters. The van der Waals surface area contributed by atoms with Crippen LogP contribution in [0.5, 0.6) is 5.75 Å². The van der Waals surface area contributed by atoms with Gasteiger partial charge in [0.05, 0.1) is 12.7 Å². The Morgan fingerprint density at radius 3 is 2.88 bits per heavy atom. The molecule has 1 heterocycles. The predicted molar refractivity (Wildman–Crippen MR) is 60.3 cm³/mol. The molecule has 1 aromatic carbocycles. The molecular formula is C13H14O3. The van der Waals surface area contributed by atoms with Crippen LogP contribution in [0.15, 0.2) is 36.4 Å². The van der Waals surface area contributed by atoms with Crippen molar-refractivity contribution in [2.24, 2.45) is 0 Å². The maximum atomic E-state index is 11.4. The monoisotopic (exact) mass is 218 g/mol. The molecule has 16 heavy (non-hydrogen) atoms. The summed E-state index contributed by atoms with van der Waals surface area (Å²) >= 11 is 0. The van der Waals surface area contributed by atoms with Gasteiger partial charge >= 0.3 is 5.97 Å². The summed E-state index contributed by atoms with van der Waals surface area (Å²) in [4.78, 5) is 11.4. The van der Waals surface area contributed by atoms with Gasteiger partial charge in [-0.3, -0.25) is 0 Å². The first-order valence-corrected chi connectivity index (χ1v) is 5.24. The number of rotatable bonds is 4. The minimum atomic E-state index is -0.385. The summed E-state index contributed by atoms with van der Waals surface area (Å²) in [5, 5.41) is 0. The Bertz CT molecular complexity index is 419. The smallest absolute Gasteiger partial charge is 0.338 e. The number of para-hydroxylation sites is 1. The van der Waals surface area contributed by atoms with Crippen LogP contribution in [0.3, 0.4) is 0 Å². The zero-order valence-electron chi connectivity index (χ0n) is 9.23. The van der Waals surface area contributed by atoms with Gasteiger partial charge in [-0.05, 0) is 18.6 Å². The highest BCUT2D eigenvalue weighted by Crippen LogP contribution is 2.24. The Kier molecular flexibility index (Phi) is 3.06. The summed E-state index contributed by atoms with van der Waals surface area (Å²) in [5.74, 6) is 0.218.